The number of nitrogens with zero attached hydrogens (tertiary/aromatic N) is 1. The molecule has 134 valence electrons. The number of hydrogen-bond donors (Lipinski definition) is 0. The molecule has 0 heterocycles. The highest BCUT2D eigenvalue weighted by atomic mass is 19.3. The van der Waals surface area contributed by atoms with Crippen LogP contribution in [-0.4, -0.2) is 36.5 Å². The number of benzene rings is 1. The van der Waals surface area contributed by atoms with Gasteiger partial charge in [-0.3, -0.25) is 0 Å². The summed E-state index contributed by atoms with van der Waals surface area (Å²) in [5, 5.41) is 0. The standard InChI is InChI=1S/C18H25F2NO3/c1-18(2,3)24-17(23)21(4)10-8-13(9-11-22)14-6-5-7-15(12-14)16(19)20/h5-7,11-13,16H,8-10H2,1-4H3/t13-/m1/s1. The van der Waals surface area contributed by atoms with E-state index in [4.69, 9.17) is 4.74 Å². The highest BCUT2D eigenvalue weighted by Gasteiger charge is 2.21. The van der Waals surface area contributed by atoms with Crippen molar-refractivity contribution in [2.24, 2.45) is 0 Å². The third kappa shape index (κ3) is 6.64. The quantitative estimate of drug-likeness (QED) is 0.683. The maximum Gasteiger partial charge on any atom is 0.410 e. The van der Waals surface area contributed by atoms with Gasteiger partial charge in [0.05, 0.1) is 0 Å². The molecule has 0 aromatic heterocycles. The van der Waals surface area contributed by atoms with Gasteiger partial charge in [0.25, 0.3) is 6.43 Å². The Kier molecular flexibility index (Phi) is 7.32. The minimum Gasteiger partial charge on any atom is -0.444 e. The summed E-state index contributed by atoms with van der Waals surface area (Å²) in [6.07, 6.45) is -1.52. The fraction of sp³-hybridized carbons (Fsp3) is 0.556. The molecular formula is C18H25F2NO3. The maximum atomic E-state index is 12.8. The van der Waals surface area contributed by atoms with Crippen molar-refractivity contribution < 1.29 is 23.1 Å². The Bertz CT molecular complexity index is 555. The van der Waals surface area contributed by atoms with Crippen molar-refractivity contribution in [2.45, 2.75) is 51.6 Å². The lowest BCUT2D eigenvalue weighted by Gasteiger charge is -2.26. The van der Waals surface area contributed by atoms with Crippen LogP contribution in [0.25, 0.3) is 0 Å². The lowest BCUT2D eigenvalue weighted by atomic mass is 9.91. The van der Waals surface area contributed by atoms with Crippen LogP contribution in [0.4, 0.5) is 13.6 Å². The summed E-state index contributed by atoms with van der Waals surface area (Å²) in [6.45, 7) is 5.71. The highest BCUT2D eigenvalue weighted by Crippen LogP contribution is 2.27. The van der Waals surface area contributed by atoms with Crippen molar-refractivity contribution >= 4 is 12.4 Å². The molecule has 0 aliphatic carbocycles. The number of amides is 1. The second-order valence-corrected chi connectivity index (χ2v) is 6.76. The van der Waals surface area contributed by atoms with E-state index in [0.717, 1.165) is 6.29 Å². The molecule has 0 radical (unpaired) electrons. The summed E-state index contributed by atoms with van der Waals surface area (Å²) in [5.41, 5.74) is 0.0282. The average molecular weight is 341 g/mol. The largest absolute Gasteiger partial charge is 0.444 e. The molecule has 0 unspecified atom stereocenters. The van der Waals surface area contributed by atoms with Crippen molar-refractivity contribution in [3.05, 3.63) is 35.4 Å². The van der Waals surface area contributed by atoms with E-state index < -0.39 is 18.1 Å². The van der Waals surface area contributed by atoms with Crippen LogP contribution >= 0.6 is 0 Å². The molecule has 6 heteroatoms. The number of ether oxygens (including phenoxy) is 1. The van der Waals surface area contributed by atoms with Gasteiger partial charge in [-0.25, -0.2) is 13.6 Å². The lowest BCUT2D eigenvalue weighted by Crippen LogP contribution is -2.35. The van der Waals surface area contributed by atoms with Gasteiger partial charge in [0.15, 0.2) is 0 Å². The van der Waals surface area contributed by atoms with Crippen LogP contribution in [0.15, 0.2) is 24.3 Å². The zero-order valence-electron chi connectivity index (χ0n) is 14.6. The highest BCUT2D eigenvalue weighted by molar-refractivity contribution is 5.67. The first-order valence-electron chi connectivity index (χ1n) is 7.90. The molecule has 0 bridgehead atoms. The maximum absolute atomic E-state index is 12.8. The molecule has 0 N–H and O–H groups in total. The number of carbonyl (C=O) groups is 2. The summed E-state index contributed by atoms with van der Waals surface area (Å²) < 4.78 is 30.9. The van der Waals surface area contributed by atoms with Crippen molar-refractivity contribution in [1.82, 2.24) is 4.90 Å². The van der Waals surface area contributed by atoms with Gasteiger partial charge in [0, 0.05) is 25.6 Å². The molecule has 1 rings (SSSR count). The van der Waals surface area contributed by atoms with Gasteiger partial charge >= 0.3 is 6.09 Å². The van der Waals surface area contributed by atoms with Crippen LogP contribution in [0.3, 0.4) is 0 Å². The predicted molar refractivity (Wildman–Crippen MR) is 88.3 cm³/mol. The van der Waals surface area contributed by atoms with E-state index in [1.807, 2.05) is 0 Å². The van der Waals surface area contributed by atoms with Crippen LogP contribution in [0.5, 0.6) is 0 Å². The van der Waals surface area contributed by atoms with Gasteiger partial charge in [0.1, 0.15) is 11.9 Å². The van der Waals surface area contributed by atoms with Crippen LogP contribution < -0.4 is 0 Å². The molecule has 1 atom stereocenters. The SMILES string of the molecule is CN(CC[C@H](CC=O)c1cccc(C(F)F)c1)C(=O)OC(C)(C)C. The van der Waals surface area contributed by atoms with Gasteiger partial charge in [0.2, 0.25) is 0 Å². The van der Waals surface area contributed by atoms with E-state index in [-0.39, 0.29) is 17.9 Å². The zero-order chi connectivity index (χ0) is 18.3. The van der Waals surface area contributed by atoms with Crippen LogP contribution in [0, 0.1) is 0 Å². The average Bonchev–Trinajstić information content (AvgIpc) is 2.49. The van der Waals surface area contributed by atoms with E-state index in [1.165, 1.54) is 17.0 Å². The molecule has 0 aliphatic rings. The smallest absolute Gasteiger partial charge is 0.410 e. The third-order valence-electron chi connectivity index (χ3n) is 3.53. The Balaban J connectivity index is 2.74. The molecule has 24 heavy (non-hydrogen) atoms. The van der Waals surface area contributed by atoms with Crippen molar-refractivity contribution in [1.29, 1.82) is 0 Å². The van der Waals surface area contributed by atoms with Gasteiger partial charge in [-0.15, -0.1) is 0 Å². The normalized spacial score (nSPS) is 12.8. The number of carbonyl (C=O) groups excluding carboxylic acids is 2. The predicted octanol–water partition coefficient (Wildman–Crippen LogP) is 4.55. The van der Waals surface area contributed by atoms with E-state index in [0.29, 0.717) is 18.5 Å². The van der Waals surface area contributed by atoms with Crippen LogP contribution in [0.2, 0.25) is 0 Å². The topological polar surface area (TPSA) is 46.6 Å². The Morgan fingerprint density at radius 3 is 2.46 bits per heavy atom. The second-order valence-electron chi connectivity index (χ2n) is 6.76. The van der Waals surface area contributed by atoms with E-state index in [9.17, 15) is 18.4 Å². The Morgan fingerprint density at radius 1 is 1.29 bits per heavy atom. The van der Waals surface area contributed by atoms with E-state index >= 15 is 0 Å². The molecule has 0 spiro atoms. The Morgan fingerprint density at radius 2 is 1.92 bits per heavy atom. The summed E-state index contributed by atoms with van der Waals surface area (Å²) in [4.78, 5) is 24.3. The molecule has 0 saturated heterocycles. The second kappa shape index (κ2) is 8.76. The number of halogens is 2. The van der Waals surface area contributed by atoms with Gasteiger partial charge in [-0.2, -0.15) is 0 Å². The summed E-state index contributed by atoms with van der Waals surface area (Å²) in [5.74, 6) is -0.217. The zero-order valence-corrected chi connectivity index (χ0v) is 14.6. The van der Waals surface area contributed by atoms with E-state index in [1.54, 1.807) is 40.0 Å². The van der Waals surface area contributed by atoms with Crippen molar-refractivity contribution in [2.75, 3.05) is 13.6 Å². The first kappa shape index (κ1) is 20.1. The first-order chi connectivity index (χ1) is 11.1. The number of rotatable bonds is 7. The van der Waals surface area contributed by atoms with Gasteiger partial charge in [-0.1, -0.05) is 18.2 Å². The Labute approximate surface area is 141 Å². The Hall–Kier alpha value is -1.98. The third-order valence-corrected chi connectivity index (χ3v) is 3.53. The molecule has 1 aromatic carbocycles. The molecule has 4 nitrogen and oxygen atoms in total. The molecule has 0 saturated carbocycles. The van der Waals surface area contributed by atoms with Crippen LogP contribution in [0.1, 0.15) is 57.1 Å². The minimum atomic E-state index is -2.55. The number of alkyl halides is 2. The number of hydrogen-bond acceptors (Lipinski definition) is 3. The lowest BCUT2D eigenvalue weighted by molar-refractivity contribution is -0.108. The molecule has 1 amide bonds. The van der Waals surface area contributed by atoms with E-state index in [2.05, 4.69) is 0 Å². The minimum absolute atomic E-state index is 0.0658. The summed E-state index contributed by atoms with van der Waals surface area (Å²) >= 11 is 0. The fourth-order valence-electron chi connectivity index (χ4n) is 2.27. The monoisotopic (exact) mass is 341 g/mol. The number of aldehydes is 1. The molecule has 0 aliphatic heterocycles. The van der Waals surface area contributed by atoms with Gasteiger partial charge in [-0.05, 0) is 44.7 Å². The summed E-state index contributed by atoms with van der Waals surface area (Å²) in [7, 11) is 1.61. The van der Waals surface area contributed by atoms with Crippen molar-refractivity contribution in [3.8, 4) is 0 Å². The van der Waals surface area contributed by atoms with Gasteiger partial charge < -0.3 is 14.4 Å². The van der Waals surface area contributed by atoms with Crippen molar-refractivity contribution in [3.63, 3.8) is 0 Å². The first-order valence-corrected chi connectivity index (χ1v) is 7.90. The molecule has 1 aromatic rings. The summed E-state index contributed by atoms with van der Waals surface area (Å²) in [6, 6.07) is 6.07. The molecule has 0 fully saturated rings. The van der Waals surface area contributed by atoms with Crippen LogP contribution in [-0.2, 0) is 9.53 Å². The fourth-order valence-corrected chi connectivity index (χ4v) is 2.27. The molecular weight excluding hydrogens is 316 g/mol.